The minimum atomic E-state index is -0.0745. The van der Waals surface area contributed by atoms with Crippen LogP contribution in [0.3, 0.4) is 0 Å². The van der Waals surface area contributed by atoms with Crippen molar-refractivity contribution in [1.29, 1.82) is 0 Å². The highest BCUT2D eigenvalue weighted by Crippen LogP contribution is 2.39. The van der Waals surface area contributed by atoms with Crippen LogP contribution in [-0.2, 0) is 4.79 Å². The molecule has 1 fully saturated rings. The summed E-state index contributed by atoms with van der Waals surface area (Å²) in [6, 6.07) is 13.0. The van der Waals surface area contributed by atoms with Gasteiger partial charge >= 0.3 is 0 Å². The number of nitrogens with zero attached hydrogens (tertiary/aromatic N) is 4. The Bertz CT molecular complexity index is 1430. The SMILES string of the molecule is C=CC(=O)N1CCC(n2nc(-c3ccc(Oc4cccc(OC)c4Cl)cc3)c3cncc(OC)c32)C1. The zero-order valence-electron chi connectivity index (χ0n) is 20.0. The number of likely N-dealkylation sites (tertiary alicyclic amines) is 1. The molecule has 2 aromatic carbocycles. The number of benzene rings is 2. The molecule has 3 heterocycles. The highest BCUT2D eigenvalue weighted by Gasteiger charge is 2.30. The van der Waals surface area contributed by atoms with Gasteiger partial charge in [0.2, 0.25) is 5.91 Å². The van der Waals surface area contributed by atoms with E-state index in [-0.39, 0.29) is 11.9 Å². The van der Waals surface area contributed by atoms with Gasteiger partial charge in [0, 0.05) is 24.8 Å². The summed E-state index contributed by atoms with van der Waals surface area (Å²) in [4.78, 5) is 18.3. The molecular formula is C27H25ClN4O4. The number of ether oxygens (including phenoxy) is 3. The second-order valence-electron chi connectivity index (χ2n) is 8.36. The van der Waals surface area contributed by atoms with Crippen molar-refractivity contribution < 1.29 is 19.0 Å². The lowest BCUT2D eigenvalue weighted by molar-refractivity contribution is -0.125. The molecule has 0 N–H and O–H groups in total. The van der Waals surface area contributed by atoms with E-state index in [1.54, 1.807) is 43.6 Å². The number of fused-ring (bicyclic) bond motifs is 1. The zero-order valence-corrected chi connectivity index (χ0v) is 20.7. The van der Waals surface area contributed by atoms with Crippen molar-refractivity contribution in [2.24, 2.45) is 0 Å². The lowest BCUT2D eigenvalue weighted by Crippen LogP contribution is -2.27. The Morgan fingerprint density at radius 3 is 2.56 bits per heavy atom. The Morgan fingerprint density at radius 1 is 1.08 bits per heavy atom. The Morgan fingerprint density at radius 2 is 1.83 bits per heavy atom. The Hall–Kier alpha value is -4.04. The van der Waals surface area contributed by atoms with Gasteiger partial charge in [-0.2, -0.15) is 5.10 Å². The third-order valence-electron chi connectivity index (χ3n) is 6.29. The summed E-state index contributed by atoms with van der Waals surface area (Å²) in [7, 11) is 3.18. The van der Waals surface area contributed by atoms with E-state index in [2.05, 4.69) is 11.6 Å². The average Bonchev–Trinajstić information content (AvgIpc) is 3.55. The second kappa shape index (κ2) is 9.91. The topological polar surface area (TPSA) is 78.7 Å². The first kappa shape index (κ1) is 23.7. The molecule has 5 rings (SSSR count). The number of hydrogen-bond acceptors (Lipinski definition) is 6. The number of rotatable bonds is 7. The number of halogens is 1. The Kier molecular flexibility index (Phi) is 6.52. The largest absolute Gasteiger partial charge is 0.495 e. The highest BCUT2D eigenvalue weighted by molar-refractivity contribution is 6.33. The van der Waals surface area contributed by atoms with Crippen LogP contribution in [0.25, 0.3) is 22.2 Å². The van der Waals surface area contributed by atoms with E-state index in [4.69, 9.17) is 30.9 Å². The first-order valence-corrected chi connectivity index (χ1v) is 11.8. The second-order valence-corrected chi connectivity index (χ2v) is 8.74. The van der Waals surface area contributed by atoms with Crippen LogP contribution >= 0.6 is 11.6 Å². The summed E-state index contributed by atoms with van der Waals surface area (Å²) in [6.45, 7) is 4.81. The maximum Gasteiger partial charge on any atom is 0.246 e. The molecule has 1 aliphatic heterocycles. The summed E-state index contributed by atoms with van der Waals surface area (Å²) in [5.41, 5.74) is 2.52. The van der Waals surface area contributed by atoms with Gasteiger partial charge in [0.15, 0.2) is 5.75 Å². The average molecular weight is 505 g/mol. The number of carbonyl (C=O) groups excluding carboxylic acids is 1. The lowest BCUT2D eigenvalue weighted by Gasteiger charge is -2.15. The van der Waals surface area contributed by atoms with Crippen molar-refractivity contribution in [2.75, 3.05) is 27.3 Å². The molecular weight excluding hydrogens is 480 g/mol. The molecule has 1 unspecified atom stereocenters. The summed E-state index contributed by atoms with van der Waals surface area (Å²) >= 11 is 6.37. The van der Waals surface area contributed by atoms with Crippen LogP contribution in [0.4, 0.5) is 0 Å². The summed E-state index contributed by atoms with van der Waals surface area (Å²) in [6.07, 6.45) is 5.61. The zero-order chi connectivity index (χ0) is 25.2. The molecule has 8 nitrogen and oxygen atoms in total. The van der Waals surface area contributed by atoms with Crippen LogP contribution in [0, 0.1) is 0 Å². The van der Waals surface area contributed by atoms with Gasteiger partial charge in [0.25, 0.3) is 0 Å². The van der Waals surface area contributed by atoms with Crippen molar-refractivity contribution >= 4 is 28.4 Å². The molecule has 1 aliphatic rings. The molecule has 0 aliphatic carbocycles. The molecule has 0 bridgehead atoms. The predicted molar refractivity (Wildman–Crippen MR) is 138 cm³/mol. The molecule has 1 saturated heterocycles. The molecule has 184 valence electrons. The number of methoxy groups -OCH3 is 2. The minimum Gasteiger partial charge on any atom is -0.495 e. The van der Waals surface area contributed by atoms with Gasteiger partial charge in [-0.3, -0.25) is 14.5 Å². The van der Waals surface area contributed by atoms with Gasteiger partial charge in [-0.15, -0.1) is 0 Å². The molecule has 9 heteroatoms. The summed E-state index contributed by atoms with van der Waals surface area (Å²) < 4.78 is 18.8. The van der Waals surface area contributed by atoms with Crippen molar-refractivity contribution in [3.63, 3.8) is 0 Å². The number of carbonyl (C=O) groups is 1. The first-order chi connectivity index (χ1) is 17.5. The summed E-state index contributed by atoms with van der Waals surface area (Å²) in [5, 5.41) is 6.25. The fourth-order valence-electron chi connectivity index (χ4n) is 4.49. The molecule has 36 heavy (non-hydrogen) atoms. The van der Waals surface area contributed by atoms with Crippen LogP contribution < -0.4 is 14.2 Å². The molecule has 0 saturated carbocycles. The molecule has 1 amide bonds. The van der Waals surface area contributed by atoms with Crippen molar-refractivity contribution in [3.8, 4) is 34.3 Å². The third-order valence-corrected chi connectivity index (χ3v) is 6.67. The van der Waals surface area contributed by atoms with E-state index in [9.17, 15) is 4.79 Å². The van der Waals surface area contributed by atoms with Crippen LogP contribution in [0.1, 0.15) is 12.5 Å². The fraction of sp³-hybridized carbons (Fsp3) is 0.222. The Labute approximate surface area is 213 Å². The normalized spacial score (nSPS) is 15.2. The van der Waals surface area contributed by atoms with Crippen LogP contribution in [0.2, 0.25) is 5.02 Å². The molecule has 0 spiro atoms. The quantitative estimate of drug-likeness (QED) is 0.308. The number of pyridine rings is 1. The highest BCUT2D eigenvalue weighted by atomic mass is 35.5. The van der Waals surface area contributed by atoms with Crippen LogP contribution in [-0.4, -0.2) is 52.9 Å². The fourth-order valence-corrected chi connectivity index (χ4v) is 4.73. The lowest BCUT2D eigenvalue weighted by atomic mass is 10.1. The van der Waals surface area contributed by atoms with Crippen molar-refractivity contribution in [1.82, 2.24) is 19.7 Å². The van der Waals surface area contributed by atoms with Gasteiger partial charge < -0.3 is 19.1 Å². The minimum absolute atomic E-state index is 0.0132. The van der Waals surface area contributed by atoms with E-state index in [1.165, 1.54) is 6.08 Å². The van der Waals surface area contributed by atoms with Gasteiger partial charge in [-0.25, -0.2) is 0 Å². The van der Waals surface area contributed by atoms with Gasteiger partial charge in [-0.1, -0.05) is 24.2 Å². The van der Waals surface area contributed by atoms with E-state index in [0.29, 0.717) is 41.1 Å². The molecule has 4 aromatic rings. The van der Waals surface area contributed by atoms with Gasteiger partial charge in [0.05, 0.1) is 31.8 Å². The standard InChI is InChI=1S/C27H25ClN4O4/c1-4-24(33)31-13-12-18(16-31)32-27-20(14-29-15-23(27)35-3)26(30-32)17-8-10-19(11-9-17)36-22-7-5-6-21(34-2)25(22)28/h4-11,14-15,18H,1,12-13,16H2,2-3H3. The predicted octanol–water partition coefficient (Wildman–Crippen LogP) is 5.52. The number of hydrogen-bond donors (Lipinski definition) is 0. The van der Waals surface area contributed by atoms with Crippen molar-refractivity contribution in [2.45, 2.75) is 12.5 Å². The maximum absolute atomic E-state index is 12.1. The monoisotopic (exact) mass is 504 g/mol. The van der Waals surface area contributed by atoms with Crippen molar-refractivity contribution in [3.05, 3.63) is 72.5 Å². The van der Waals surface area contributed by atoms with Crippen LogP contribution in [0.15, 0.2) is 67.5 Å². The molecule has 2 aromatic heterocycles. The molecule has 0 radical (unpaired) electrons. The van der Waals surface area contributed by atoms with E-state index in [0.717, 1.165) is 28.6 Å². The Balaban J connectivity index is 1.49. The van der Waals surface area contributed by atoms with E-state index in [1.807, 2.05) is 35.0 Å². The smallest absolute Gasteiger partial charge is 0.246 e. The molecule has 1 atom stereocenters. The first-order valence-electron chi connectivity index (χ1n) is 11.5. The summed E-state index contributed by atoms with van der Waals surface area (Å²) in [5.74, 6) is 2.24. The maximum atomic E-state index is 12.1. The van der Waals surface area contributed by atoms with E-state index >= 15 is 0 Å². The van der Waals surface area contributed by atoms with Crippen LogP contribution in [0.5, 0.6) is 23.0 Å². The van der Waals surface area contributed by atoms with Gasteiger partial charge in [-0.05, 0) is 48.9 Å². The third kappa shape index (κ3) is 4.24. The van der Waals surface area contributed by atoms with Gasteiger partial charge in [0.1, 0.15) is 33.5 Å². The number of amides is 1. The number of aromatic nitrogens is 3. The van der Waals surface area contributed by atoms with E-state index < -0.39 is 0 Å².